The second-order valence-electron chi connectivity index (χ2n) is 5.99. The minimum absolute atomic E-state index is 0.0266. The summed E-state index contributed by atoms with van der Waals surface area (Å²) in [5, 5.41) is 0. The molecule has 106 valence electrons. The van der Waals surface area contributed by atoms with Crippen molar-refractivity contribution in [1.29, 1.82) is 0 Å². The highest BCUT2D eigenvalue weighted by molar-refractivity contribution is 5.11. The predicted molar refractivity (Wildman–Crippen MR) is 68.7 cm³/mol. The summed E-state index contributed by atoms with van der Waals surface area (Å²) < 4.78 is 24.0. The van der Waals surface area contributed by atoms with E-state index in [1.807, 2.05) is 34.6 Å². The van der Waals surface area contributed by atoms with Gasteiger partial charge in [-0.1, -0.05) is 0 Å². The van der Waals surface area contributed by atoms with Gasteiger partial charge in [0.25, 0.3) is 0 Å². The molecule has 0 radical (unpaired) electrons. The first-order chi connectivity index (χ1) is 8.36. The Bertz CT molecular complexity index is 292. The highest BCUT2D eigenvalue weighted by atomic mass is 16.7. The lowest BCUT2D eigenvalue weighted by Gasteiger charge is -2.37. The Labute approximate surface area is 110 Å². The third-order valence-electron chi connectivity index (χ3n) is 3.73. The Kier molecular flexibility index (Phi) is 4.02. The minimum atomic E-state index is -0.446. The van der Waals surface area contributed by atoms with Gasteiger partial charge < -0.3 is 18.9 Å². The molecule has 2 aliphatic rings. The second kappa shape index (κ2) is 5.08. The SMILES string of the molecule is CC(C)O[C@@H](C)[C@@]12CO[C@@H]([C@H](C)O1)[C@@H]2OC(C)C. The van der Waals surface area contributed by atoms with E-state index in [0.717, 1.165) is 0 Å². The lowest BCUT2D eigenvalue weighted by molar-refractivity contribution is -0.204. The lowest BCUT2D eigenvalue weighted by atomic mass is 9.92. The molecule has 5 atom stereocenters. The van der Waals surface area contributed by atoms with Crippen LogP contribution in [0.2, 0.25) is 0 Å². The van der Waals surface area contributed by atoms with Gasteiger partial charge in [-0.2, -0.15) is 0 Å². The van der Waals surface area contributed by atoms with Crippen molar-refractivity contribution >= 4 is 0 Å². The quantitative estimate of drug-likeness (QED) is 0.757. The zero-order valence-corrected chi connectivity index (χ0v) is 12.3. The average molecular weight is 258 g/mol. The fraction of sp³-hybridized carbons (Fsp3) is 1.00. The van der Waals surface area contributed by atoms with Crippen molar-refractivity contribution in [2.45, 2.75) is 83.8 Å². The van der Waals surface area contributed by atoms with E-state index in [1.54, 1.807) is 0 Å². The molecule has 0 unspecified atom stereocenters. The van der Waals surface area contributed by atoms with E-state index in [9.17, 15) is 0 Å². The first kappa shape index (κ1) is 14.3. The molecule has 2 aliphatic heterocycles. The van der Waals surface area contributed by atoms with Crippen molar-refractivity contribution in [3.63, 3.8) is 0 Å². The van der Waals surface area contributed by atoms with Crippen molar-refractivity contribution in [3.8, 4) is 0 Å². The van der Waals surface area contributed by atoms with Crippen LogP contribution in [0.4, 0.5) is 0 Å². The monoisotopic (exact) mass is 258 g/mol. The van der Waals surface area contributed by atoms with Gasteiger partial charge in [0.05, 0.1) is 31.0 Å². The zero-order valence-electron chi connectivity index (χ0n) is 12.3. The van der Waals surface area contributed by atoms with Crippen molar-refractivity contribution in [3.05, 3.63) is 0 Å². The van der Waals surface area contributed by atoms with Crippen LogP contribution in [0.5, 0.6) is 0 Å². The maximum absolute atomic E-state index is 6.15. The standard InChI is InChI=1S/C14H26O4/c1-8(2)16-11(6)14-7-15-12(10(5)18-14)13(14)17-9(3)4/h8-13H,7H2,1-6H3/t10-,11-,12-,13-,14+/m0/s1. The molecule has 0 aromatic heterocycles. The van der Waals surface area contributed by atoms with Crippen molar-refractivity contribution in [2.75, 3.05) is 6.61 Å². The summed E-state index contributed by atoms with van der Waals surface area (Å²) in [5.41, 5.74) is -0.446. The number of rotatable bonds is 5. The van der Waals surface area contributed by atoms with E-state index >= 15 is 0 Å². The summed E-state index contributed by atoms with van der Waals surface area (Å²) >= 11 is 0. The second-order valence-corrected chi connectivity index (χ2v) is 5.99. The van der Waals surface area contributed by atoms with E-state index in [-0.39, 0.29) is 36.6 Å². The van der Waals surface area contributed by atoms with Crippen LogP contribution in [-0.2, 0) is 18.9 Å². The summed E-state index contributed by atoms with van der Waals surface area (Å²) in [4.78, 5) is 0. The molecule has 0 spiro atoms. The molecule has 4 heteroatoms. The zero-order chi connectivity index (χ0) is 13.5. The normalized spacial score (nSPS) is 41.0. The van der Waals surface area contributed by atoms with Crippen molar-refractivity contribution in [2.24, 2.45) is 0 Å². The molecule has 0 aromatic rings. The first-order valence-corrected chi connectivity index (χ1v) is 6.97. The summed E-state index contributed by atoms with van der Waals surface area (Å²) in [5.74, 6) is 0. The topological polar surface area (TPSA) is 36.9 Å². The van der Waals surface area contributed by atoms with E-state index in [2.05, 4.69) is 6.92 Å². The molecule has 2 heterocycles. The number of ether oxygens (including phenoxy) is 4. The van der Waals surface area contributed by atoms with E-state index in [4.69, 9.17) is 18.9 Å². The van der Waals surface area contributed by atoms with E-state index in [0.29, 0.717) is 6.61 Å². The van der Waals surface area contributed by atoms with Gasteiger partial charge in [0, 0.05) is 0 Å². The first-order valence-electron chi connectivity index (χ1n) is 6.97. The Hall–Kier alpha value is -0.160. The maximum Gasteiger partial charge on any atom is 0.146 e. The van der Waals surface area contributed by atoms with Crippen molar-refractivity contribution < 1.29 is 18.9 Å². The molecule has 0 amide bonds. The van der Waals surface area contributed by atoms with Gasteiger partial charge in [0.2, 0.25) is 0 Å². The average Bonchev–Trinajstić information content (AvgIpc) is 2.69. The predicted octanol–water partition coefficient (Wildman–Crippen LogP) is 2.15. The molecule has 2 rings (SSSR count). The molecule has 18 heavy (non-hydrogen) atoms. The lowest BCUT2D eigenvalue weighted by Crippen LogP contribution is -2.53. The molecule has 0 saturated carbocycles. The van der Waals surface area contributed by atoms with Crippen LogP contribution in [0, 0.1) is 0 Å². The Balaban J connectivity index is 2.17. The largest absolute Gasteiger partial charge is 0.373 e. The van der Waals surface area contributed by atoms with Crippen LogP contribution in [0.3, 0.4) is 0 Å². The summed E-state index contributed by atoms with van der Waals surface area (Å²) in [6.45, 7) is 12.8. The van der Waals surface area contributed by atoms with Gasteiger partial charge >= 0.3 is 0 Å². The smallest absolute Gasteiger partial charge is 0.146 e. The van der Waals surface area contributed by atoms with Crippen LogP contribution >= 0.6 is 0 Å². The number of fused-ring (bicyclic) bond motifs is 2. The molecule has 2 bridgehead atoms. The third-order valence-corrected chi connectivity index (χ3v) is 3.73. The third kappa shape index (κ3) is 2.31. The molecule has 0 aromatic carbocycles. The number of hydrogen-bond acceptors (Lipinski definition) is 4. The fourth-order valence-electron chi connectivity index (χ4n) is 3.02. The van der Waals surface area contributed by atoms with Gasteiger partial charge in [-0.05, 0) is 41.5 Å². The van der Waals surface area contributed by atoms with Crippen LogP contribution < -0.4 is 0 Å². The van der Waals surface area contributed by atoms with E-state index in [1.165, 1.54) is 0 Å². The summed E-state index contributed by atoms with van der Waals surface area (Å²) in [7, 11) is 0. The van der Waals surface area contributed by atoms with Gasteiger partial charge in [-0.3, -0.25) is 0 Å². The Morgan fingerprint density at radius 2 is 1.78 bits per heavy atom. The summed E-state index contributed by atoms with van der Waals surface area (Å²) in [6, 6.07) is 0. The van der Waals surface area contributed by atoms with E-state index < -0.39 is 5.60 Å². The van der Waals surface area contributed by atoms with Crippen LogP contribution in [0.15, 0.2) is 0 Å². The van der Waals surface area contributed by atoms with Gasteiger partial charge in [0.15, 0.2) is 0 Å². The molecule has 0 N–H and O–H groups in total. The van der Waals surface area contributed by atoms with Crippen LogP contribution in [0.25, 0.3) is 0 Å². The maximum atomic E-state index is 6.15. The van der Waals surface area contributed by atoms with Gasteiger partial charge in [-0.25, -0.2) is 0 Å². The molecular weight excluding hydrogens is 232 g/mol. The molecule has 4 nitrogen and oxygen atoms in total. The van der Waals surface area contributed by atoms with Crippen LogP contribution in [0.1, 0.15) is 41.5 Å². The molecule has 0 aliphatic carbocycles. The Morgan fingerprint density at radius 1 is 1.11 bits per heavy atom. The highest BCUT2D eigenvalue weighted by Crippen LogP contribution is 2.45. The highest BCUT2D eigenvalue weighted by Gasteiger charge is 2.64. The number of hydrogen-bond donors (Lipinski definition) is 0. The summed E-state index contributed by atoms with van der Waals surface area (Å²) in [6.07, 6.45) is 0.384. The fourth-order valence-corrected chi connectivity index (χ4v) is 3.02. The molecule has 2 saturated heterocycles. The van der Waals surface area contributed by atoms with Crippen LogP contribution in [-0.4, -0.2) is 48.8 Å². The van der Waals surface area contributed by atoms with Crippen molar-refractivity contribution in [1.82, 2.24) is 0 Å². The van der Waals surface area contributed by atoms with Gasteiger partial charge in [0.1, 0.15) is 17.8 Å². The Morgan fingerprint density at radius 3 is 2.28 bits per heavy atom. The molecule has 2 fully saturated rings. The minimum Gasteiger partial charge on any atom is -0.373 e. The molecular formula is C14H26O4. The van der Waals surface area contributed by atoms with Gasteiger partial charge in [-0.15, -0.1) is 0 Å².